The molecule has 1 aliphatic rings. The van der Waals surface area contributed by atoms with Crippen LogP contribution >= 0.6 is 0 Å². The van der Waals surface area contributed by atoms with Crippen LogP contribution in [0, 0.1) is 0 Å². The minimum absolute atomic E-state index is 0.00109. The van der Waals surface area contributed by atoms with Crippen LogP contribution in [0.5, 0.6) is 5.75 Å². The number of furan rings is 1. The van der Waals surface area contributed by atoms with Gasteiger partial charge in [-0.05, 0) is 35.4 Å². The van der Waals surface area contributed by atoms with Gasteiger partial charge in [-0.1, -0.05) is 42.5 Å². The first kappa shape index (κ1) is 25.9. The summed E-state index contributed by atoms with van der Waals surface area (Å²) in [5.74, 6) is -0.924. The second-order valence-electron chi connectivity index (χ2n) is 8.68. The number of nitrogens with one attached hydrogen (secondary N) is 1. The van der Waals surface area contributed by atoms with Crippen molar-refractivity contribution in [3.8, 4) is 5.75 Å². The van der Waals surface area contributed by atoms with E-state index in [1.807, 2.05) is 54.6 Å². The number of hydrogen-bond donors (Lipinski definition) is 3. The number of aliphatic hydroxyl groups is 2. The molecule has 10 nitrogen and oxygen atoms in total. The van der Waals surface area contributed by atoms with Crippen LogP contribution in [0.4, 0.5) is 0 Å². The van der Waals surface area contributed by atoms with Gasteiger partial charge in [-0.15, -0.1) is 0 Å². The zero-order valence-electron chi connectivity index (χ0n) is 20.2. The summed E-state index contributed by atoms with van der Waals surface area (Å²) in [5, 5.41) is 22.7. The molecule has 0 aliphatic carbocycles. The van der Waals surface area contributed by atoms with E-state index in [1.54, 1.807) is 17.0 Å². The smallest absolute Gasteiger partial charge is 0.255 e. The fourth-order valence-electron chi connectivity index (χ4n) is 3.87. The van der Waals surface area contributed by atoms with Crippen LogP contribution in [0.25, 0.3) is 0 Å². The highest BCUT2D eigenvalue weighted by Crippen LogP contribution is 2.17. The van der Waals surface area contributed by atoms with Crippen molar-refractivity contribution < 1.29 is 33.8 Å². The number of aliphatic hydroxyl groups excluding tert-OH is 2. The molecule has 0 bridgehead atoms. The van der Waals surface area contributed by atoms with E-state index in [0.717, 1.165) is 21.8 Å². The third kappa shape index (κ3) is 6.96. The van der Waals surface area contributed by atoms with E-state index < -0.39 is 24.0 Å². The van der Waals surface area contributed by atoms with E-state index in [2.05, 4.69) is 5.32 Å². The van der Waals surface area contributed by atoms with Crippen LogP contribution in [0.15, 0.2) is 77.4 Å². The average Bonchev–Trinajstić information content (AvgIpc) is 3.45. The van der Waals surface area contributed by atoms with Gasteiger partial charge >= 0.3 is 0 Å². The summed E-state index contributed by atoms with van der Waals surface area (Å²) in [4.78, 5) is 40.2. The Morgan fingerprint density at radius 2 is 1.70 bits per heavy atom. The molecule has 1 aliphatic heterocycles. The van der Waals surface area contributed by atoms with Gasteiger partial charge in [0.1, 0.15) is 18.1 Å². The maximum atomic E-state index is 12.7. The summed E-state index contributed by atoms with van der Waals surface area (Å²) in [7, 11) is 0. The highest BCUT2D eigenvalue weighted by molar-refractivity contribution is 5.93. The maximum Gasteiger partial charge on any atom is 0.255 e. The van der Waals surface area contributed by atoms with Gasteiger partial charge in [-0.25, -0.2) is 0 Å². The Morgan fingerprint density at radius 3 is 2.38 bits per heavy atom. The summed E-state index contributed by atoms with van der Waals surface area (Å²) in [6, 6.07) is 20.6. The number of nitrogens with zero attached hydrogens (tertiary/aromatic N) is 2. The molecule has 194 valence electrons. The molecule has 37 heavy (non-hydrogen) atoms. The van der Waals surface area contributed by atoms with Gasteiger partial charge in [-0.3, -0.25) is 14.4 Å². The molecule has 0 saturated carbocycles. The van der Waals surface area contributed by atoms with Crippen LogP contribution in [-0.4, -0.2) is 69.6 Å². The molecule has 1 fully saturated rings. The van der Waals surface area contributed by atoms with Gasteiger partial charge in [0.2, 0.25) is 5.91 Å². The van der Waals surface area contributed by atoms with Crippen molar-refractivity contribution in [1.29, 1.82) is 0 Å². The number of amides is 3. The number of rotatable bonds is 10. The molecule has 3 N–H and O–H groups in total. The Bertz CT molecular complexity index is 1180. The number of ether oxygens (including phenoxy) is 1. The molecule has 1 saturated heterocycles. The van der Waals surface area contributed by atoms with Crippen LogP contribution in [0.2, 0.25) is 0 Å². The Kier molecular flexibility index (Phi) is 8.55. The third-order valence-corrected chi connectivity index (χ3v) is 6.01. The van der Waals surface area contributed by atoms with E-state index in [4.69, 9.17) is 9.15 Å². The van der Waals surface area contributed by atoms with Crippen molar-refractivity contribution >= 4 is 17.7 Å². The van der Waals surface area contributed by atoms with Gasteiger partial charge in [0.05, 0.1) is 19.4 Å². The molecule has 4 rings (SSSR count). The summed E-state index contributed by atoms with van der Waals surface area (Å²) in [6.07, 6.45) is -2.53. The zero-order chi connectivity index (χ0) is 26.2. The van der Waals surface area contributed by atoms with E-state index in [1.165, 1.54) is 6.26 Å². The topological polar surface area (TPSA) is 133 Å². The van der Waals surface area contributed by atoms with Gasteiger partial charge in [0, 0.05) is 19.6 Å². The Hall–Kier alpha value is -4.15. The van der Waals surface area contributed by atoms with Gasteiger partial charge in [0.25, 0.3) is 11.8 Å². The summed E-state index contributed by atoms with van der Waals surface area (Å²) >= 11 is 0. The third-order valence-electron chi connectivity index (χ3n) is 6.01. The zero-order valence-corrected chi connectivity index (χ0v) is 20.2. The molecule has 10 heteroatoms. The van der Waals surface area contributed by atoms with E-state index in [-0.39, 0.29) is 32.1 Å². The Morgan fingerprint density at radius 1 is 0.946 bits per heavy atom. The lowest BCUT2D eigenvalue weighted by molar-refractivity contribution is -0.158. The van der Waals surface area contributed by atoms with Crippen LogP contribution in [0.3, 0.4) is 0 Å². The van der Waals surface area contributed by atoms with Crippen molar-refractivity contribution in [3.63, 3.8) is 0 Å². The fourth-order valence-corrected chi connectivity index (χ4v) is 3.87. The molecule has 0 unspecified atom stereocenters. The number of benzene rings is 2. The van der Waals surface area contributed by atoms with E-state index in [0.29, 0.717) is 18.9 Å². The summed E-state index contributed by atoms with van der Waals surface area (Å²) < 4.78 is 10.9. The first-order valence-electron chi connectivity index (χ1n) is 11.9. The number of carbonyl (C=O) groups excluding carboxylic acids is 3. The predicted molar refractivity (Wildman–Crippen MR) is 132 cm³/mol. The molecule has 0 spiro atoms. The molecule has 2 aromatic carbocycles. The standard InChI is InChI=1S/C27H29N3O7/c31-23-17-30(27(35)25(33)24(32)26(34)28-15-22-7-4-14-36-22)13-12-29(23)16-19-8-10-21(11-9-19)37-18-20-5-2-1-3-6-20/h1-11,14,24-25,32-33H,12-13,15-18H2,(H,28,34)/t24-,25-/m1/s1. The summed E-state index contributed by atoms with van der Waals surface area (Å²) in [6.45, 7) is 0.988. The number of hydrogen-bond acceptors (Lipinski definition) is 7. The molecule has 3 amide bonds. The van der Waals surface area contributed by atoms with Gasteiger partial charge < -0.3 is 34.5 Å². The molecular formula is C27H29N3O7. The monoisotopic (exact) mass is 507 g/mol. The van der Waals surface area contributed by atoms with Crippen molar-refractivity contribution in [3.05, 3.63) is 89.9 Å². The fraction of sp³-hybridized carbons (Fsp3) is 0.296. The van der Waals surface area contributed by atoms with E-state index in [9.17, 15) is 24.6 Å². The van der Waals surface area contributed by atoms with Crippen molar-refractivity contribution in [2.45, 2.75) is 31.9 Å². The lowest BCUT2D eigenvalue weighted by Crippen LogP contribution is -2.57. The van der Waals surface area contributed by atoms with Crippen molar-refractivity contribution in [1.82, 2.24) is 15.1 Å². The minimum Gasteiger partial charge on any atom is -0.489 e. The molecule has 0 radical (unpaired) electrons. The second kappa shape index (κ2) is 12.2. The summed E-state index contributed by atoms with van der Waals surface area (Å²) in [5.41, 5.74) is 1.97. The molecule has 2 heterocycles. The highest BCUT2D eigenvalue weighted by Gasteiger charge is 2.36. The van der Waals surface area contributed by atoms with Crippen molar-refractivity contribution in [2.75, 3.05) is 19.6 Å². The van der Waals surface area contributed by atoms with Crippen LogP contribution < -0.4 is 10.1 Å². The predicted octanol–water partition coefficient (Wildman–Crippen LogP) is 1.07. The Balaban J connectivity index is 1.23. The minimum atomic E-state index is -1.99. The largest absolute Gasteiger partial charge is 0.489 e. The quantitative estimate of drug-likeness (QED) is 0.374. The highest BCUT2D eigenvalue weighted by atomic mass is 16.5. The first-order valence-corrected chi connectivity index (χ1v) is 11.9. The normalized spacial score (nSPS) is 15.2. The average molecular weight is 508 g/mol. The number of carbonyl (C=O) groups is 3. The van der Waals surface area contributed by atoms with Crippen LogP contribution in [0.1, 0.15) is 16.9 Å². The first-order chi connectivity index (χ1) is 17.9. The Labute approximate surface area is 214 Å². The molecule has 2 atom stereocenters. The second-order valence-corrected chi connectivity index (χ2v) is 8.68. The molecule has 1 aromatic heterocycles. The molecule has 3 aromatic rings. The van der Waals surface area contributed by atoms with E-state index >= 15 is 0 Å². The van der Waals surface area contributed by atoms with Gasteiger partial charge in [0.15, 0.2) is 12.2 Å². The lowest BCUT2D eigenvalue weighted by atomic mass is 10.1. The van der Waals surface area contributed by atoms with Crippen LogP contribution in [-0.2, 0) is 34.1 Å². The van der Waals surface area contributed by atoms with Gasteiger partial charge in [-0.2, -0.15) is 0 Å². The molecular weight excluding hydrogens is 478 g/mol. The van der Waals surface area contributed by atoms with Crippen molar-refractivity contribution in [2.24, 2.45) is 0 Å². The SMILES string of the molecule is O=C(NCc1ccco1)[C@H](O)[C@@H](O)C(=O)N1CCN(Cc2ccc(OCc3ccccc3)cc2)C(=O)C1. The number of piperazine rings is 1. The maximum absolute atomic E-state index is 12.7. The lowest BCUT2D eigenvalue weighted by Gasteiger charge is -2.35.